The molecule has 2 rings (SSSR count). The second-order valence-electron chi connectivity index (χ2n) is 4.97. The molecule has 0 fully saturated rings. The van der Waals surface area contributed by atoms with Gasteiger partial charge in [-0.05, 0) is 42.7 Å². The molecule has 0 aliphatic heterocycles. The molecule has 4 heteroatoms. The van der Waals surface area contributed by atoms with Crippen molar-refractivity contribution in [2.24, 2.45) is 5.73 Å². The van der Waals surface area contributed by atoms with Crippen molar-refractivity contribution in [1.82, 2.24) is 4.98 Å². The molecule has 0 saturated heterocycles. The van der Waals surface area contributed by atoms with Crippen molar-refractivity contribution in [1.29, 1.82) is 0 Å². The van der Waals surface area contributed by atoms with Gasteiger partial charge in [0.2, 0.25) is 0 Å². The molecule has 0 spiro atoms. The number of hydrogen-bond donors (Lipinski definition) is 1. The van der Waals surface area contributed by atoms with Gasteiger partial charge in [0.1, 0.15) is 5.75 Å². The van der Waals surface area contributed by atoms with E-state index in [0.717, 1.165) is 23.3 Å². The van der Waals surface area contributed by atoms with Gasteiger partial charge in [-0.3, -0.25) is 4.98 Å². The molecule has 1 unspecified atom stereocenters. The summed E-state index contributed by atoms with van der Waals surface area (Å²) >= 11 is 5.92. The van der Waals surface area contributed by atoms with Gasteiger partial charge >= 0.3 is 0 Å². The number of benzene rings is 1. The van der Waals surface area contributed by atoms with Gasteiger partial charge in [0.15, 0.2) is 0 Å². The first-order chi connectivity index (χ1) is 9.54. The number of nitrogens with two attached hydrogens (primary N) is 1. The van der Waals surface area contributed by atoms with E-state index in [1.165, 1.54) is 0 Å². The van der Waals surface area contributed by atoms with E-state index in [0.29, 0.717) is 11.6 Å². The molecule has 106 valence electrons. The zero-order valence-electron chi connectivity index (χ0n) is 11.8. The van der Waals surface area contributed by atoms with Gasteiger partial charge in [0, 0.05) is 11.2 Å². The van der Waals surface area contributed by atoms with Crippen LogP contribution in [0.5, 0.6) is 5.75 Å². The van der Waals surface area contributed by atoms with Crippen molar-refractivity contribution in [2.45, 2.75) is 25.8 Å². The summed E-state index contributed by atoms with van der Waals surface area (Å²) in [5.41, 5.74) is 7.73. The van der Waals surface area contributed by atoms with Crippen LogP contribution in [0, 0.1) is 0 Å². The topological polar surface area (TPSA) is 48.1 Å². The number of hydrogen-bond acceptors (Lipinski definition) is 3. The van der Waals surface area contributed by atoms with E-state index < -0.39 is 5.54 Å². The monoisotopic (exact) mass is 290 g/mol. The Morgan fingerprint density at radius 2 is 1.90 bits per heavy atom. The predicted molar refractivity (Wildman–Crippen MR) is 82.1 cm³/mol. The Bertz CT molecular complexity index is 567. The zero-order chi connectivity index (χ0) is 14.6. The molecule has 1 atom stereocenters. The largest absolute Gasteiger partial charge is 0.492 e. The molecule has 0 aliphatic rings. The molecule has 1 heterocycles. The minimum atomic E-state index is -0.636. The Hall–Kier alpha value is -1.58. The first-order valence-corrected chi connectivity index (χ1v) is 7.05. The molecular weight excluding hydrogens is 272 g/mol. The van der Waals surface area contributed by atoms with Crippen LogP contribution >= 0.6 is 11.6 Å². The van der Waals surface area contributed by atoms with Gasteiger partial charge in [0.25, 0.3) is 0 Å². The summed E-state index contributed by atoms with van der Waals surface area (Å²) in [6.07, 6.45) is 4.44. The average molecular weight is 291 g/mol. The highest BCUT2D eigenvalue weighted by Crippen LogP contribution is 2.29. The second-order valence-corrected chi connectivity index (χ2v) is 5.40. The first-order valence-electron chi connectivity index (χ1n) is 6.67. The summed E-state index contributed by atoms with van der Waals surface area (Å²) in [5.74, 6) is 0.745. The van der Waals surface area contributed by atoms with E-state index in [9.17, 15) is 0 Å². The van der Waals surface area contributed by atoms with E-state index in [2.05, 4.69) is 11.9 Å². The van der Waals surface area contributed by atoms with Crippen LogP contribution in [-0.4, -0.2) is 11.6 Å². The fraction of sp³-hybridized carbons (Fsp3) is 0.312. The minimum Gasteiger partial charge on any atom is -0.492 e. The van der Waals surface area contributed by atoms with Crippen LogP contribution in [-0.2, 0) is 5.54 Å². The fourth-order valence-electron chi connectivity index (χ4n) is 1.96. The van der Waals surface area contributed by atoms with Crippen LogP contribution in [0.1, 0.15) is 31.4 Å². The van der Waals surface area contributed by atoms with E-state index in [1.54, 1.807) is 12.4 Å². The van der Waals surface area contributed by atoms with Gasteiger partial charge in [-0.15, -0.1) is 0 Å². The quantitative estimate of drug-likeness (QED) is 0.912. The van der Waals surface area contributed by atoms with Crippen molar-refractivity contribution in [3.8, 4) is 5.75 Å². The molecule has 0 aliphatic carbocycles. The van der Waals surface area contributed by atoms with Crippen LogP contribution in [0.25, 0.3) is 0 Å². The molecule has 2 aromatic rings. The molecule has 0 amide bonds. The van der Waals surface area contributed by atoms with Crippen LogP contribution in [0.4, 0.5) is 0 Å². The van der Waals surface area contributed by atoms with Crippen molar-refractivity contribution < 1.29 is 4.74 Å². The van der Waals surface area contributed by atoms with Gasteiger partial charge in [-0.1, -0.05) is 30.7 Å². The summed E-state index contributed by atoms with van der Waals surface area (Å²) in [4.78, 5) is 4.22. The average Bonchev–Trinajstić information content (AvgIpc) is 2.46. The third kappa shape index (κ3) is 3.30. The highest BCUT2D eigenvalue weighted by atomic mass is 35.5. The minimum absolute atomic E-state index is 0.636. The van der Waals surface area contributed by atoms with Crippen LogP contribution in [0.3, 0.4) is 0 Å². The molecule has 0 saturated carbocycles. The maximum Gasteiger partial charge on any atom is 0.137 e. The van der Waals surface area contributed by atoms with E-state index in [-0.39, 0.29) is 0 Å². The highest BCUT2D eigenvalue weighted by molar-refractivity contribution is 6.30. The second kappa shape index (κ2) is 6.25. The van der Waals surface area contributed by atoms with Crippen LogP contribution < -0.4 is 10.5 Å². The molecule has 3 nitrogen and oxygen atoms in total. The lowest BCUT2D eigenvalue weighted by molar-refractivity contribution is 0.315. The maximum absolute atomic E-state index is 6.47. The molecule has 20 heavy (non-hydrogen) atoms. The van der Waals surface area contributed by atoms with E-state index in [4.69, 9.17) is 22.1 Å². The van der Waals surface area contributed by atoms with E-state index in [1.807, 2.05) is 37.3 Å². The van der Waals surface area contributed by atoms with Crippen molar-refractivity contribution in [3.63, 3.8) is 0 Å². The van der Waals surface area contributed by atoms with Gasteiger partial charge in [-0.25, -0.2) is 0 Å². The normalized spacial score (nSPS) is 13.8. The van der Waals surface area contributed by atoms with Crippen molar-refractivity contribution in [3.05, 3.63) is 58.9 Å². The summed E-state index contributed by atoms with van der Waals surface area (Å²) in [6.45, 7) is 4.70. The number of ether oxygens (including phenoxy) is 1. The number of rotatable bonds is 5. The van der Waals surface area contributed by atoms with Crippen molar-refractivity contribution in [2.75, 3.05) is 6.61 Å². The molecule has 1 aromatic carbocycles. The van der Waals surface area contributed by atoms with Crippen LogP contribution in [0.15, 0.2) is 42.7 Å². The number of pyridine rings is 1. The number of nitrogens with zero attached hydrogens (tertiary/aromatic N) is 1. The Labute approximate surface area is 124 Å². The maximum atomic E-state index is 6.47. The molecular formula is C16H19ClN2O. The van der Waals surface area contributed by atoms with Gasteiger partial charge in [0.05, 0.1) is 18.3 Å². The number of aromatic nitrogens is 1. The van der Waals surface area contributed by atoms with E-state index >= 15 is 0 Å². The first kappa shape index (κ1) is 14.8. The third-order valence-corrected chi connectivity index (χ3v) is 3.48. The van der Waals surface area contributed by atoms with Crippen molar-refractivity contribution >= 4 is 11.6 Å². The molecule has 0 radical (unpaired) electrons. The Balaban J connectivity index is 2.30. The third-order valence-electron chi connectivity index (χ3n) is 3.23. The predicted octanol–water partition coefficient (Wildman–Crippen LogP) is 3.75. The summed E-state index contributed by atoms with van der Waals surface area (Å²) in [6, 6.07) is 9.49. The van der Waals surface area contributed by atoms with Gasteiger partial charge < -0.3 is 10.5 Å². The SMILES string of the molecule is CCCOc1cncc(C(C)(N)c2ccc(Cl)cc2)c1. The van der Waals surface area contributed by atoms with Crippen LogP contribution in [0.2, 0.25) is 5.02 Å². The lowest BCUT2D eigenvalue weighted by Gasteiger charge is -2.26. The Morgan fingerprint density at radius 3 is 2.55 bits per heavy atom. The zero-order valence-corrected chi connectivity index (χ0v) is 12.5. The highest BCUT2D eigenvalue weighted by Gasteiger charge is 2.24. The Kier molecular flexibility index (Phi) is 4.63. The summed E-state index contributed by atoms with van der Waals surface area (Å²) in [5, 5.41) is 0.697. The number of halogens is 1. The van der Waals surface area contributed by atoms with Gasteiger partial charge in [-0.2, -0.15) is 0 Å². The molecule has 0 bridgehead atoms. The summed E-state index contributed by atoms with van der Waals surface area (Å²) < 4.78 is 5.61. The Morgan fingerprint density at radius 1 is 1.20 bits per heavy atom. The summed E-state index contributed by atoms with van der Waals surface area (Å²) in [7, 11) is 0. The lowest BCUT2D eigenvalue weighted by atomic mass is 9.87. The molecule has 2 N–H and O–H groups in total. The standard InChI is InChI=1S/C16H19ClN2O/c1-3-8-20-15-9-13(10-19-11-15)16(2,18)12-4-6-14(17)7-5-12/h4-7,9-11H,3,8,18H2,1-2H3. The fourth-order valence-corrected chi connectivity index (χ4v) is 2.09. The molecule has 1 aromatic heterocycles. The smallest absolute Gasteiger partial charge is 0.137 e. The lowest BCUT2D eigenvalue weighted by Crippen LogP contribution is -2.34.